The lowest BCUT2D eigenvalue weighted by molar-refractivity contribution is -0.129. The molecule has 1 heterocycles. The van der Waals surface area contributed by atoms with Crippen molar-refractivity contribution in [3.8, 4) is 17.6 Å². The van der Waals surface area contributed by atoms with E-state index in [0.717, 1.165) is 0 Å². The molecule has 2 aromatic rings. The first-order valence-corrected chi connectivity index (χ1v) is 8.49. The van der Waals surface area contributed by atoms with Crippen molar-refractivity contribution in [3.63, 3.8) is 0 Å². The molecule has 0 bridgehead atoms. The predicted octanol–water partition coefficient (Wildman–Crippen LogP) is 1.87. The highest BCUT2D eigenvalue weighted by Gasteiger charge is 2.35. The van der Waals surface area contributed by atoms with E-state index in [1.807, 2.05) is 6.07 Å². The van der Waals surface area contributed by atoms with Gasteiger partial charge in [0, 0.05) is 7.05 Å². The Morgan fingerprint density at radius 3 is 2.63 bits per heavy atom. The predicted molar refractivity (Wildman–Crippen MR) is 98.5 cm³/mol. The lowest BCUT2D eigenvalue weighted by Gasteiger charge is -2.35. The third-order valence-electron chi connectivity index (χ3n) is 4.22. The van der Waals surface area contributed by atoms with Gasteiger partial charge in [0.25, 0.3) is 11.8 Å². The van der Waals surface area contributed by atoms with Gasteiger partial charge in [0.05, 0.1) is 23.9 Å². The molecule has 0 aromatic heterocycles. The van der Waals surface area contributed by atoms with Gasteiger partial charge in [-0.1, -0.05) is 12.1 Å². The molecule has 2 unspecified atom stereocenters. The second-order valence-electron chi connectivity index (χ2n) is 6.03. The molecule has 0 spiro atoms. The number of amides is 2. The number of benzene rings is 2. The molecule has 2 aromatic carbocycles. The number of nitrogens with zero attached hydrogens (tertiary/aromatic N) is 2. The molecule has 3 rings (SSSR count). The highest BCUT2D eigenvalue weighted by atomic mass is 16.5. The third kappa shape index (κ3) is 3.85. The van der Waals surface area contributed by atoms with Crippen LogP contribution < -0.4 is 19.7 Å². The number of nitrogens with one attached hydrogen (secondary N) is 1. The van der Waals surface area contributed by atoms with Crippen LogP contribution in [0, 0.1) is 11.3 Å². The molecule has 1 aliphatic rings. The average molecular weight is 365 g/mol. The molecule has 7 nitrogen and oxygen atoms in total. The van der Waals surface area contributed by atoms with E-state index in [2.05, 4.69) is 5.32 Å². The Bertz CT molecular complexity index is 889. The second-order valence-corrected chi connectivity index (χ2v) is 6.03. The first-order valence-electron chi connectivity index (χ1n) is 8.49. The highest BCUT2D eigenvalue weighted by molar-refractivity contribution is 5.99. The van der Waals surface area contributed by atoms with Gasteiger partial charge in [0.1, 0.15) is 11.5 Å². The van der Waals surface area contributed by atoms with Gasteiger partial charge in [0.15, 0.2) is 12.2 Å². The molecule has 27 heavy (non-hydrogen) atoms. The number of hydrogen-bond donors (Lipinski definition) is 1. The van der Waals surface area contributed by atoms with Crippen LogP contribution in [0.3, 0.4) is 0 Å². The van der Waals surface area contributed by atoms with Crippen LogP contribution in [0.4, 0.5) is 5.69 Å². The minimum atomic E-state index is -0.795. The normalized spacial score (nSPS) is 16.3. The zero-order chi connectivity index (χ0) is 19.4. The number of likely N-dealkylation sites (N-methyl/N-ethyl adjacent to an activating group) is 1. The van der Waals surface area contributed by atoms with E-state index in [-0.39, 0.29) is 18.4 Å². The quantitative estimate of drug-likeness (QED) is 0.893. The number of carbonyl (C=O) groups is 2. The number of nitriles is 1. The van der Waals surface area contributed by atoms with E-state index in [1.165, 1.54) is 11.9 Å². The Hall–Kier alpha value is -3.53. The molecule has 1 aliphatic heterocycles. The SMILES string of the molecule is CNC(=O)C1CN(C(=O)C(C)Oc2ccc(C#N)cc2)c2ccccc2O1. The van der Waals surface area contributed by atoms with Gasteiger partial charge in [-0.3, -0.25) is 9.59 Å². The fourth-order valence-electron chi connectivity index (χ4n) is 2.82. The monoisotopic (exact) mass is 365 g/mol. The molecule has 2 atom stereocenters. The minimum Gasteiger partial charge on any atom is -0.481 e. The van der Waals surface area contributed by atoms with E-state index in [0.29, 0.717) is 22.7 Å². The van der Waals surface area contributed by atoms with E-state index in [9.17, 15) is 9.59 Å². The topological polar surface area (TPSA) is 91.7 Å². The van der Waals surface area contributed by atoms with Crippen molar-refractivity contribution in [2.75, 3.05) is 18.5 Å². The molecule has 138 valence electrons. The summed E-state index contributed by atoms with van der Waals surface area (Å²) in [5, 5.41) is 11.4. The molecule has 2 amide bonds. The lowest BCUT2D eigenvalue weighted by atomic mass is 10.1. The molecule has 7 heteroatoms. The van der Waals surface area contributed by atoms with Gasteiger partial charge in [-0.05, 0) is 43.3 Å². The summed E-state index contributed by atoms with van der Waals surface area (Å²) in [6.45, 7) is 1.74. The van der Waals surface area contributed by atoms with Crippen molar-refractivity contribution >= 4 is 17.5 Å². The van der Waals surface area contributed by atoms with Crippen molar-refractivity contribution in [3.05, 3.63) is 54.1 Å². The number of para-hydroxylation sites is 2. The Kier molecular flexibility index (Phi) is 5.27. The van der Waals surface area contributed by atoms with Crippen LogP contribution in [0.25, 0.3) is 0 Å². The van der Waals surface area contributed by atoms with Crippen LogP contribution in [0.1, 0.15) is 12.5 Å². The van der Waals surface area contributed by atoms with Crippen molar-refractivity contribution in [1.29, 1.82) is 5.26 Å². The zero-order valence-corrected chi connectivity index (χ0v) is 15.0. The summed E-state index contributed by atoms with van der Waals surface area (Å²) < 4.78 is 11.4. The van der Waals surface area contributed by atoms with E-state index >= 15 is 0 Å². The van der Waals surface area contributed by atoms with E-state index < -0.39 is 12.2 Å². The van der Waals surface area contributed by atoms with Crippen LogP contribution in [-0.2, 0) is 9.59 Å². The maximum Gasteiger partial charge on any atom is 0.268 e. The standard InChI is InChI=1S/C20H19N3O4/c1-13(26-15-9-7-14(11-21)8-10-15)20(25)23-12-18(19(24)22-2)27-17-6-4-3-5-16(17)23/h3-10,13,18H,12H2,1-2H3,(H,22,24). The third-order valence-corrected chi connectivity index (χ3v) is 4.22. The van der Waals surface area contributed by atoms with Crippen molar-refractivity contribution in [1.82, 2.24) is 5.32 Å². The van der Waals surface area contributed by atoms with Gasteiger partial charge < -0.3 is 19.7 Å². The van der Waals surface area contributed by atoms with Crippen LogP contribution in [0.5, 0.6) is 11.5 Å². The zero-order valence-electron chi connectivity index (χ0n) is 15.0. The van der Waals surface area contributed by atoms with Gasteiger partial charge >= 0.3 is 0 Å². The molecule has 0 saturated carbocycles. The molecular formula is C20H19N3O4. The first kappa shape index (κ1) is 18.3. The highest BCUT2D eigenvalue weighted by Crippen LogP contribution is 2.33. The maximum absolute atomic E-state index is 13.0. The molecular weight excluding hydrogens is 346 g/mol. The number of carbonyl (C=O) groups excluding carboxylic acids is 2. The Morgan fingerprint density at radius 1 is 1.26 bits per heavy atom. The molecule has 0 saturated heterocycles. The Labute approximate surface area is 157 Å². The molecule has 0 radical (unpaired) electrons. The summed E-state index contributed by atoms with van der Waals surface area (Å²) in [6.07, 6.45) is -1.58. The van der Waals surface area contributed by atoms with E-state index in [4.69, 9.17) is 14.7 Å². The smallest absolute Gasteiger partial charge is 0.268 e. The van der Waals surface area contributed by atoms with Gasteiger partial charge in [-0.15, -0.1) is 0 Å². The second kappa shape index (κ2) is 7.79. The van der Waals surface area contributed by atoms with E-state index in [1.54, 1.807) is 55.5 Å². The number of anilines is 1. The molecule has 0 fully saturated rings. The largest absolute Gasteiger partial charge is 0.481 e. The number of fused-ring (bicyclic) bond motifs is 1. The van der Waals surface area contributed by atoms with Crippen molar-refractivity contribution < 1.29 is 19.1 Å². The van der Waals surface area contributed by atoms with Crippen molar-refractivity contribution in [2.45, 2.75) is 19.1 Å². The van der Waals surface area contributed by atoms with Crippen LogP contribution in [-0.4, -0.2) is 37.6 Å². The minimum absolute atomic E-state index is 0.0938. The summed E-state index contributed by atoms with van der Waals surface area (Å²) in [4.78, 5) is 26.5. The summed E-state index contributed by atoms with van der Waals surface area (Å²) in [5.74, 6) is 0.363. The number of rotatable bonds is 4. The van der Waals surface area contributed by atoms with Crippen LogP contribution in [0.15, 0.2) is 48.5 Å². The molecule has 0 aliphatic carbocycles. The van der Waals surface area contributed by atoms with Gasteiger partial charge in [-0.2, -0.15) is 5.26 Å². The Balaban J connectivity index is 1.81. The van der Waals surface area contributed by atoms with Gasteiger partial charge in [0.2, 0.25) is 0 Å². The van der Waals surface area contributed by atoms with Crippen LogP contribution in [0.2, 0.25) is 0 Å². The average Bonchev–Trinajstić information content (AvgIpc) is 2.72. The van der Waals surface area contributed by atoms with Crippen LogP contribution >= 0.6 is 0 Å². The summed E-state index contributed by atoms with van der Waals surface area (Å²) in [6, 6.07) is 15.6. The van der Waals surface area contributed by atoms with Gasteiger partial charge in [-0.25, -0.2) is 0 Å². The fraction of sp³-hybridized carbons (Fsp3) is 0.250. The number of hydrogen-bond acceptors (Lipinski definition) is 5. The maximum atomic E-state index is 13.0. The first-order chi connectivity index (χ1) is 13.0. The van der Waals surface area contributed by atoms with Crippen molar-refractivity contribution in [2.24, 2.45) is 0 Å². The lowest BCUT2D eigenvalue weighted by Crippen LogP contribution is -2.52. The fourth-order valence-corrected chi connectivity index (χ4v) is 2.82. The number of ether oxygens (including phenoxy) is 2. The summed E-state index contributed by atoms with van der Waals surface area (Å²) in [5.41, 5.74) is 1.11. The molecule has 1 N–H and O–H groups in total. The summed E-state index contributed by atoms with van der Waals surface area (Å²) in [7, 11) is 1.52. The summed E-state index contributed by atoms with van der Waals surface area (Å²) >= 11 is 0. The Morgan fingerprint density at radius 2 is 1.96 bits per heavy atom.